The van der Waals surface area contributed by atoms with Gasteiger partial charge in [0.1, 0.15) is 0 Å². The van der Waals surface area contributed by atoms with E-state index in [-0.39, 0.29) is 12.1 Å². The lowest BCUT2D eigenvalue weighted by molar-refractivity contribution is -0.00476. The molecule has 1 fully saturated rings. The molecule has 0 radical (unpaired) electrons. The quantitative estimate of drug-likeness (QED) is 0.380. The molecule has 2 aliphatic rings. The van der Waals surface area contributed by atoms with Gasteiger partial charge in [0.2, 0.25) is 0 Å². The lowest BCUT2D eigenvalue weighted by Crippen LogP contribution is -2.46. The van der Waals surface area contributed by atoms with Gasteiger partial charge >= 0.3 is 0 Å². The van der Waals surface area contributed by atoms with E-state index >= 15 is 0 Å². The summed E-state index contributed by atoms with van der Waals surface area (Å²) in [5, 5.41) is 14.5. The van der Waals surface area contributed by atoms with Crippen molar-refractivity contribution < 1.29 is 9.84 Å². The average molecular weight is 483 g/mol. The van der Waals surface area contributed by atoms with Gasteiger partial charge in [0.05, 0.1) is 17.9 Å². The minimum Gasteiger partial charge on any atom is -0.387 e. The van der Waals surface area contributed by atoms with Crippen LogP contribution in [0.1, 0.15) is 54.7 Å². The molecule has 0 amide bonds. The van der Waals surface area contributed by atoms with Crippen LogP contribution in [0.2, 0.25) is 0 Å². The van der Waals surface area contributed by atoms with Crippen LogP contribution in [0.3, 0.4) is 0 Å². The number of methoxy groups -OCH3 is 1. The van der Waals surface area contributed by atoms with E-state index in [1.54, 1.807) is 7.11 Å². The van der Waals surface area contributed by atoms with Crippen molar-refractivity contribution in [3.63, 3.8) is 0 Å². The van der Waals surface area contributed by atoms with Crippen LogP contribution in [0.15, 0.2) is 73.5 Å². The second kappa shape index (κ2) is 11.1. The number of aliphatic hydroxyl groups excluding tert-OH is 1. The van der Waals surface area contributed by atoms with Gasteiger partial charge in [-0.15, -0.1) is 6.58 Å². The number of rotatable bonds is 8. The molecule has 1 aliphatic heterocycles. The number of aromatic nitrogens is 1. The maximum atomic E-state index is 12.0. The molecular formula is C32H38N2O2. The standard InChI is InChI=1S/C32H38N2O2/c1-4-23(5-2)26-15-17-34(21-22-10-11-24-8-6-7-9-25(24)18-22)31(19-26)32(35)28-14-16-33-30-13-12-27(36-3)20-29(28)30/h4,6-14,16,18,23,26-27,31-32,35H,1,5,15,17,19-21H2,2-3H3/t23?,26?,27-,31?,32?/m1/s1. The third-order valence-corrected chi connectivity index (χ3v) is 8.36. The highest BCUT2D eigenvalue weighted by Crippen LogP contribution is 2.39. The van der Waals surface area contributed by atoms with Crippen molar-refractivity contribution >= 4 is 16.8 Å². The minimum absolute atomic E-state index is 0.0192. The Morgan fingerprint density at radius 2 is 2.03 bits per heavy atom. The number of aliphatic hydroxyl groups is 1. The Hall–Kier alpha value is -2.79. The Balaban J connectivity index is 1.46. The second-order valence-corrected chi connectivity index (χ2v) is 10.4. The normalized spacial score (nSPS) is 23.8. The molecule has 4 heteroatoms. The van der Waals surface area contributed by atoms with Crippen molar-refractivity contribution in [2.24, 2.45) is 11.8 Å². The molecule has 36 heavy (non-hydrogen) atoms. The molecule has 0 spiro atoms. The molecule has 4 nitrogen and oxygen atoms in total. The summed E-state index contributed by atoms with van der Waals surface area (Å²) >= 11 is 0. The van der Waals surface area contributed by atoms with Gasteiger partial charge in [-0.2, -0.15) is 0 Å². The molecule has 2 aromatic carbocycles. The van der Waals surface area contributed by atoms with Gasteiger partial charge in [0.15, 0.2) is 0 Å². The van der Waals surface area contributed by atoms with Crippen LogP contribution in [0.5, 0.6) is 0 Å². The van der Waals surface area contributed by atoms with Crippen molar-refractivity contribution in [3.8, 4) is 0 Å². The summed E-state index contributed by atoms with van der Waals surface area (Å²) in [6, 6.07) is 17.3. The Bertz CT molecular complexity index is 1240. The molecule has 3 aromatic rings. The number of piperidine rings is 1. The fraction of sp³-hybridized carbons (Fsp3) is 0.406. The van der Waals surface area contributed by atoms with Gasteiger partial charge in [0, 0.05) is 32.3 Å². The number of nitrogens with zero attached hydrogens (tertiary/aromatic N) is 2. The van der Waals surface area contributed by atoms with Crippen LogP contribution < -0.4 is 0 Å². The summed E-state index contributed by atoms with van der Waals surface area (Å²) in [5.74, 6) is 1.01. The second-order valence-electron chi connectivity index (χ2n) is 10.4. The summed E-state index contributed by atoms with van der Waals surface area (Å²) in [4.78, 5) is 7.08. The van der Waals surface area contributed by atoms with Crippen LogP contribution in [-0.2, 0) is 17.7 Å². The maximum absolute atomic E-state index is 12.0. The fourth-order valence-corrected chi connectivity index (χ4v) is 6.26. The molecule has 1 N–H and O–H groups in total. The molecule has 0 bridgehead atoms. The number of ether oxygens (including phenoxy) is 1. The topological polar surface area (TPSA) is 45.6 Å². The molecule has 0 saturated carbocycles. The third-order valence-electron chi connectivity index (χ3n) is 8.36. The van der Waals surface area contributed by atoms with Crippen molar-refractivity contribution in [1.82, 2.24) is 9.88 Å². The van der Waals surface area contributed by atoms with Gasteiger partial charge in [-0.1, -0.05) is 55.5 Å². The number of fused-ring (bicyclic) bond motifs is 2. The van der Waals surface area contributed by atoms with Gasteiger partial charge < -0.3 is 9.84 Å². The Kier molecular flexibility index (Phi) is 7.66. The predicted octanol–water partition coefficient (Wildman–Crippen LogP) is 6.35. The predicted molar refractivity (Wildman–Crippen MR) is 148 cm³/mol. The number of pyridine rings is 1. The lowest BCUT2D eigenvalue weighted by atomic mass is 9.77. The van der Waals surface area contributed by atoms with E-state index in [0.29, 0.717) is 11.8 Å². The zero-order valence-electron chi connectivity index (χ0n) is 21.5. The first-order valence-corrected chi connectivity index (χ1v) is 13.3. The van der Waals surface area contributed by atoms with Crippen molar-refractivity contribution in [2.75, 3.05) is 13.7 Å². The highest BCUT2D eigenvalue weighted by Gasteiger charge is 2.37. The summed E-state index contributed by atoms with van der Waals surface area (Å²) < 4.78 is 5.62. The summed E-state index contributed by atoms with van der Waals surface area (Å²) in [6.45, 7) is 8.17. The fourth-order valence-electron chi connectivity index (χ4n) is 6.26. The SMILES string of the molecule is C=CC(CC)C1CCN(Cc2ccc3ccccc3c2)C(C(O)c2ccnc3c2C[C@H](OC)C=C3)C1. The Morgan fingerprint density at radius 1 is 1.19 bits per heavy atom. The van der Waals surface area contributed by atoms with E-state index in [9.17, 15) is 5.11 Å². The van der Waals surface area contributed by atoms with Crippen LogP contribution in [-0.4, -0.2) is 40.8 Å². The molecule has 5 rings (SSSR count). The van der Waals surface area contributed by atoms with Crippen LogP contribution in [0.25, 0.3) is 16.8 Å². The van der Waals surface area contributed by atoms with Crippen molar-refractivity contribution in [1.29, 1.82) is 0 Å². The number of hydrogen-bond acceptors (Lipinski definition) is 4. The zero-order valence-corrected chi connectivity index (χ0v) is 21.5. The van der Waals surface area contributed by atoms with E-state index in [2.05, 4.69) is 78.0 Å². The smallest absolute Gasteiger partial charge is 0.0949 e. The first-order chi connectivity index (χ1) is 17.6. The number of allylic oxidation sites excluding steroid dienone is 1. The van der Waals surface area contributed by atoms with Gasteiger partial charge in [0.25, 0.3) is 0 Å². The molecule has 1 aliphatic carbocycles. The van der Waals surface area contributed by atoms with Crippen LogP contribution in [0.4, 0.5) is 0 Å². The highest BCUT2D eigenvalue weighted by atomic mass is 16.5. The molecule has 1 aromatic heterocycles. The Morgan fingerprint density at radius 3 is 2.81 bits per heavy atom. The minimum atomic E-state index is -0.587. The number of benzene rings is 2. The number of likely N-dealkylation sites (tertiary alicyclic amines) is 1. The summed E-state index contributed by atoms with van der Waals surface area (Å²) in [5.41, 5.74) is 4.35. The van der Waals surface area contributed by atoms with Crippen molar-refractivity contribution in [2.45, 2.75) is 57.4 Å². The molecule has 2 heterocycles. The number of hydrogen-bond donors (Lipinski definition) is 1. The van der Waals surface area contributed by atoms with E-state index < -0.39 is 6.10 Å². The molecule has 188 valence electrons. The molecule has 1 saturated heterocycles. The summed E-state index contributed by atoms with van der Waals surface area (Å²) in [7, 11) is 1.74. The van der Waals surface area contributed by atoms with E-state index in [1.165, 1.54) is 16.3 Å². The van der Waals surface area contributed by atoms with Gasteiger partial charge in [-0.05, 0) is 83.3 Å². The van der Waals surface area contributed by atoms with Crippen LogP contribution in [0, 0.1) is 11.8 Å². The molecule has 5 atom stereocenters. The molecular weight excluding hydrogens is 444 g/mol. The molecule has 4 unspecified atom stereocenters. The largest absolute Gasteiger partial charge is 0.387 e. The van der Waals surface area contributed by atoms with Gasteiger partial charge in [-0.25, -0.2) is 0 Å². The maximum Gasteiger partial charge on any atom is 0.0949 e. The average Bonchev–Trinajstić information content (AvgIpc) is 2.93. The van der Waals surface area contributed by atoms with E-state index in [4.69, 9.17) is 4.74 Å². The zero-order chi connectivity index (χ0) is 25.1. The first kappa shape index (κ1) is 24.9. The highest BCUT2D eigenvalue weighted by molar-refractivity contribution is 5.82. The van der Waals surface area contributed by atoms with E-state index in [1.807, 2.05) is 18.3 Å². The first-order valence-electron chi connectivity index (χ1n) is 13.3. The monoisotopic (exact) mass is 482 g/mol. The van der Waals surface area contributed by atoms with E-state index in [0.717, 1.165) is 55.6 Å². The van der Waals surface area contributed by atoms with Crippen LogP contribution >= 0.6 is 0 Å². The third kappa shape index (κ3) is 5.04. The van der Waals surface area contributed by atoms with Gasteiger partial charge in [-0.3, -0.25) is 9.88 Å². The lowest BCUT2D eigenvalue weighted by Gasteiger charge is -2.44. The summed E-state index contributed by atoms with van der Waals surface area (Å²) in [6.07, 6.45) is 11.4. The van der Waals surface area contributed by atoms with Crippen molar-refractivity contribution in [3.05, 3.63) is 95.8 Å². The Labute approximate surface area is 215 Å².